The molecule has 2 aromatic heterocycles. The van der Waals surface area contributed by atoms with Crippen LogP contribution in [-0.2, 0) is 26.2 Å². The number of anilines is 1. The third-order valence-corrected chi connectivity index (χ3v) is 9.12. The van der Waals surface area contributed by atoms with Gasteiger partial charge in [-0.3, -0.25) is 19.2 Å². The molecule has 0 N–H and O–H groups in total. The maximum atomic E-state index is 13.5. The fourth-order valence-electron chi connectivity index (χ4n) is 5.96. The summed E-state index contributed by atoms with van der Waals surface area (Å²) in [6.45, 7) is 8.14. The summed E-state index contributed by atoms with van der Waals surface area (Å²) in [5.41, 5.74) is 3.93. The molecule has 7 rings (SSSR count). The summed E-state index contributed by atoms with van der Waals surface area (Å²) >= 11 is 1.69. The zero-order chi connectivity index (χ0) is 25.5. The van der Waals surface area contributed by atoms with Gasteiger partial charge in [0.1, 0.15) is 4.83 Å². The van der Waals surface area contributed by atoms with Crippen LogP contribution in [0.5, 0.6) is 0 Å². The van der Waals surface area contributed by atoms with Crippen molar-refractivity contribution in [2.45, 2.75) is 26.2 Å². The summed E-state index contributed by atoms with van der Waals surface area (Å²) in [4.78, 5) is 27.8. The van der Waals surface area contributed by atoms with Crippen LogP contribution in [0.25, 0.3) is 21.0 Å². The van der Waals surface area contributed by atoms with E-state index >= 15 is 0 Å². The summed E-state index contributed by atoms with van der Waals surface area (Å²) < 4.78 is 1.83. The van der Waals surface area contributed by atoms with Crippen LogP contribution in [0.1, 0.15) is 16.0 Å². The monoisotopic (exact) mass is 521 g/mol. The molecule has 38 heavy (non-hydrogen) atoms. The number of benzene rings is 3. The van der Waals surface area contributed by atoms with E-state index in [0.717, 1.165) is 62.6 Å². The molecule has 1 saturated heterocycles. The first-order valence-corrected chi connectivity index (χ1v) is 14.3. The molecule has 0 saturated carbocycles. The molecule has 0 radical (unpaired) electrons. The first-order chi connectivity index (χ1) is 18.7. The number of nitrogens with zero attached hydrogens (tertiary/aromatic N) is 5. The fraction of sp³-hybridized carbons (Fsp3) is 0.290. The predicted molar refractivity (Wildman–Crippen MR) is 156 cm³/mol. The molecular weight excluding hydrogens is 490 g/mol. The summed E-state index contributed by atoms with van der Waals surface area (Å²) in [5, 5.41) is 3.45. The van der Waals surface area contributed by atoms with Crippen molar-refractivity contribution in [3.05, 3.63) is 105 Å². The predicted octanol–water partition coefficient (Wildman–Crippen LogP) is 4.95. The van der Waals surface area contributed by atoms with Crippen molar-refractivity contribution in [2.24, 2.45) is 0 Å². The zero-order valence-electron chi connectivity index (χ0n) is 21.4. The van der Waals surface area contributed by atoms with Gasteiger partial charge in [0.2, 0.25) is 0 Å². The van der Waals surface area contributed by atoms with E-state index in [2.05, 4.69) is 87.5 Å². The molecule has 192 valence electrons. The number of hydrogen-bond acceptors (Lipinski definition) is 6. The van der Waals surface area contributed by atoms with Crippen LogP contribution in [0.4, 0.5) is 5.69 Å². The zero-order valence-corrected chi connectivity index (χ0v) is 22.2. The Bertz CT molecular complexity index is 1650. The molecule has 0 unspecified atom stereocenters. The number of thiophene rings is 1. The van der Waals surface area contributed by atoms with E-state index in [0.29, 0.717) is 6.54 Å². The SMILES string of the molecule is O=c1c2c3c(sc2ncn1CCN1CCN(c2cccc4ccccc24)CC1)CN(Cc1ccccc1)C3. The Kier molecular flexibility index (Phi) is 6.20. The second kappa shape index (κ2) is 9.98. The molecule has 0 bridgehead atoms. The average Bonchev–Trinajstić information content (AvgIpc) is 3.50. The molecule has 0 atom stereocenters. The van der Waals surface area contributed by atoms with Gasteiger partial charge < -0.3 is 4.90 Å². The second-order valence-electron chi connectivity index (χ2n) is 10.4. The lowest BCUT2D eigenvalue weighted by molar-refractivity contribution is 0.247. The van der Waals surface area contributed by atoms with Gasteiger partial charge in [0.05, 0.1) is 11.7 Å². The van der Waals surface area contributed by atoms with Gasteiger partial charge in [0, 0.05) is 74.9 Å². The van der Waals surface area contributed by atoms with Crippen LogP contribution in [0.15, 0.2) is 83.9 Å². The van der Waals surface area contributed by atoms with Crippen LogP contribution < -0.4 is 10.5 Å². The largest absolute Gasteiger partial charge is 0.368 e. The molecule has 1 fully saturated rings. The van der Waals surface area contributed by atoms with E-state index in [1.807, 2.05) is 4.57 Å². The first-order valence-electron chi connectivity index (χ1n) is 13.4. The Morgan fingerprint density at radius 3 is 2.45 bits per heavy atom. The fourth-order valence-corrected chi connectivity index (χ4v) is 7.15. The third-order valence-electron chi connectivity index (χ3n) is 8.00. The van der Waals surface area contributed by atoms with Gasteiger partial charge in [-0.05, 0) is 22.6 Å². The quantitative estimate of drug-likeness (QED) is 0.316. The maximum Gasteiger partial charge on any atom is 0.262 e. The van der Waals surface area contributed by atoms with Crippen molar-refractivity contribution in [2.75, 3.05) is 37.6 Å². The van der Waals surface area contributed by atoms with Crippen LogP contribution in [0, 0.1) is 0 Å². The molecule has 5 aromatic rings. The lowest BCUT2D eigenvalue weighted by Crippen LogP contribution is -2.47. The van der Waals surface area contributed by atoms with Crippen molar-refractivity contribution in [1.29, 1.82) is 0 Å². The summed E-state index contributed by atoms with van der Waals surface area (Å²) in [6.07, 6.45) is 1.75. The van der Waals surface area contributed by atoms with Crippen LogP contribution in [-0.4, -0.2) is 52.1 Å². The lowest BCUT2D eigenvalue weighted by Gasteiger charge is -2.36. The van der Waals surface area contributed by atoms with E-state index in [1.54, 1.807) is 17.7 Å². The van der Waals surface area contributed by atoms with Crippen molar-refractivity contribution >= 4 is 38.0 Å². The molecular formula is C31H31N5OS. The minimum Gasteiger partial charge on any atom is -0.368 e. The smallest absolute Gasteiger partial charge is 0.262 e. The first kappa shape index (κ1) is 23.6. The summed E-state index contributed by atoms with van der Waals surface area (Å²) in [5.74, 6) is 0. The number of hydrogen-bond donors (Lipinski definition) is 0. The third kappa shape index (κ3) is 4.41. The molecule has 0 amide bonds. The van der Waals surface area contributed by atoms with Crippen LogP contribution >= 0.6 is 11.3 Å². The standard InChI is InChI=1S/C31H31N5OS/c37-31-29-26-20-34(19-23-7-2-1-3-8-23)21-28(26)38-30(29)32-22-36(31)18-15-33-13-16-35(17-14-33)27-12-6-10-24-9-4-5-11-25(24)27/h1-12,22H,13-21H2. The molecule has 0 aliphatic carbocycles. The molecule has 7 heteroatoms. The van der Waals surface area contributed by atoms with E-state index in [4.69, 9.17) is 4.98 Å². The van der Waals surface area contributed by atoms with E-state index in [1.165, 1.54) is 32.5 Å². The number of aromatic nitrogens is 2. The highest BCUT2D eigenvalue weighted by Gasteiger charge is 2.27. The lowest BCUT2D eigenvalue weighted by atomic mass is 10.1. The summed E-state index contributed by atoms with van der Waals surface area (Å²) in [7, 11) is 0. The Labute approximate surface area is 226 Å². The van der Waals surface area contributed by atoms with Gasteiger partial charge in [0.15, 0.2) is 0 Å². The van der Waals surface area contributed by atoms with Crippen molar-refractivity contribution in [3.8, 4) is 0 Å². The highest BCUT2D eigenvalue weighted by Crippen LogP contribution is 2.35. The average molecular weight is 522 g/mol. The Balaban J connectivity index is 1.01. The summed E-state index contributed by atoms with van der Waals surface area (Å²) in [6, 6.07) is 25.7. The Morgan fingerprint density at radius 2 is 1.58 bits per heavy atom. The molecule has 4 heterocycles. The Hall–Kier alpha value is -3.52. The topological polar surface area (TPSA) is 44.6 Å². The molecule has 2 aliphatic heterocycles. The van der Waals surface area contributed by atoms with Gasteiger partial charge in [-0.25, -0.2) is 4.98 Å². The maximum absolute atomic E-state index is 13.5. The van der Waals surface area contributed by atoms with Crippen LogP contribution in [0.2, 0.25) is 0 Å². The molecule has 0 spiro atoms. The van der Waals surface area contributed by atoms with Gasteiger partial charge in [-0.1, -0.05) is 66.7 Å². The Morgan fingerprint density at radius 1 is 0.789 bits per heavy atom. The van der Waals surface area contributed by atoms with E-state index in [-0.39, 0.29) is 5.56 Å². The molecule has 3 aromatic carbocycles. The van der Waals surface area contributed by atoms with Gasteiger partial charge in [0.25, 0.3) is 5.56 Å². The van der Waals surface area contributed by atoms with Gasteiger partial charge in [-0.15, -0.1) is 11.3 Å². The van der Waals surface area contributed by atoms with E-state index in [9.17, 15) is 4.79 Å². The normalized spacial score (nSPS) is 16.5. The number of rotatable bonds is 6. The number of fused-ring (bicyclic) bond motifs is 4. The highest BCUT2D eigenvalue weighted by molar-refractivity contribution is 7.18. The van der Waals surface area contributed by atoms with Gasteiger partial charge >= 0.3 is 0 Å². The van der Waals surface area contributed by atoms with E-state index < -0.39 is 0 Å². The second-order valence-corrected chi connectivity index (χ2v) is 11.5. The van der Waals surface area contributed by atoms with Crippen molar-refractivity contribution < 1.29 is 0 Å². The van der Waals surface area contributed by atoms with Gasteiger partial charge in [-0.2, -0.15) is 0 Å². The highest BCUT2D eigenvalue weighted by atomic mass is 32.1. The molecule has 6 nitrogen and oxygen atoms in total. The molecule has 2 aliphatic rings. The van der Waals surface area contributed by atoms with Crippen molar-refractivity contribution in [1.82, 2.24) is 19.4 Å². The minimum absolute atomic E-state index is 0.114. The minimum atomic E-state index is 0.114. The van der Waals surface area contributed by atoms with Crippen molar-refractivity contribution in [3.63, 3.8) is 0 Å². The van der Waals surface area contributed by atoms with Crippen LogP contribution in [0.3, 0.4) is 0 Å². The number of piperazine rings is 1.